The molecule has 0 aliphatic carbocycles. The third-order valence-corrected chi connectivity index (χ3v) is 5.77. The second-order valence-electron chi connectivity index (χ2n) is 5.02. The van der Waals surface area contributed by atoms with E-state index in [0.29, 0.717) is 11.5 Å². The Hall–Kier alpha value is -2.16. The Balaban J connectivity index is 2.56. The van der Waals surface area contributed by atoms with Crippen molar-refractivity contribution in [1.29, 1.82) is 0 Å². The monoisotopic (exact) mass is 419 g/mol. The number of sulfonamides is 1. The topological polar surface area (TPSA) is 93.1 Å². The van der Waals surface area contributed by atoms with Gasteiger partial charge in [-0.2, -0.15) is 0 Å². The predicted octanol–water partition coefficient (Wildman–Crippen LogP) is 3.29. The zero-order chi connectivity index (χ0) is 19.5. The summed E-state index contributed by atoms with van der Waals surface area (Å²) in [6.45, 7) is -0.797. The van der Waals surface area contributed by atoms with E-state index in [1.165, 1.54) is 50.6 Å². The number of anilines is 1. The zero-order valence-electron chi connectivity index (χ0n) is 13.8. The van der Waals surface area contributed by atoms with Gasteiger partial charge in [0.05, 0.1) is 34.8 Å². The van der Waals surface area contributed by atoms with E-state index in [0.717, 1.165) is 4.31 Å². The summed E-state index contributed by atoms with van der Waals surface area (Å²) in [5.41, 5.74) is 0.0742. The van der Waals surface area contributed by atoms with Crippen LogP contribution in [0.3, 0.4) is 0 Å². The third-order valence-electron chi connectivity index (χ3n) is 3.41. The van der Waals surface area contributed by atoms with Crippen molar-refractivity contribution in [2.24, 2.45) is 0 Å². The van der Waals surface area contributed by atoms with E-state index in [1.807, 2.05) is 0 Å². The Labute approximate surface area is 160 Å². The Bertz CT molecular complexity index is 932. The van der Waals surface area contributed by atoms with Crippen molar-refractivity contribution in [2.45, 2.75) is 4.90 Å². The first-order chi connectivity index (χ1) is 12.2. The largest absolute Gasteiger partial charge is 0.495 e. The SMILES string of the molecule is COc1ccc(N(CC(=O)O)S(=O)(=O)c2ccc(OC)c(Cl)c2)cc1Cl. The van der Waals surface area contributed by atoms with Crippen molar-refractivity contribution in [3.63, 3.8) is 0 Å². The highest BCUT2D eigenvalue weighted by Crippen LogP contribution is 2.33. The first kappa shape index (κ1) is 20.2. The smallest absolute Gasteiger partial charge is 0.324 e. The molecule has 0 unspecified atom stereocenters. The molecule has 10 heteroatoms. The molecule has 0 bridgehead atoms. The molecule has 0 spiro atoms. The van der Waals surface area contributed by atoms with Crippen LogP contribution in [0.4, 0.5) is 5.69 Å². The number of ether oxygens (including phenoxy) is 2. The van der Waals surface area contributed by atoms with E-state index >= 15 is 0 Å². The van der Waals surface area contributed by atoms with Gasteiger partial charge in [-0.25, -0.2) is 8.42 Å². The Morgan fingerprint density at radius 1 is 1.04 bits per heavy atom. The fourth-order valence-corrected chi connectivity index (χ4v) is 4.19. The lowest BCUT2D eigenvalue weighted by Crippen LogP contribution is -2.35. The van der Waals surface area contributed by atoms with Crippen LogP contribution >= 0.6 is 23.2 Å². The number of hydrogen-bond acceptors (Lipinski definition) is 5. The Morgan fingerprint density at radius 3 is 2.04 bits per heavy atom. The van der Waals surface area contributed by atoms with Gasteiger partial charge in [0.25, 0.3) is 10.0 Å². The van der Waals surface area contributed by atoms with Gasteiger partial charge in [-0.05, 0) is 36.4 Å². The summed E-state index contributed by atoms with van der Waals surface area (Å²) < 4.78 is 36.7. The lowest BCUT2D eigenvalue weighted by Gasteiger charge is -2.23. The average Bonchev–Trinajstić information content (AvgIpc) is 2.59. The van der Waals surface area contributed by atoms with Crippen LogP contribution in [0.15, 0.2) is 41.3 Å². The number of methoxy groups -OCH3 is 2. The Morgan fingerprint density at radius 2 is 1.58 bits per heavy atom. The molecule has 0 radical (unpaired) electrons. The number of rotatable bonds is 7. The van der Waals surface area contributed by atoms with Gasteiger partial charge >= 0.3 is 5.97 Å². The van der Waals surface area contributed by atoms with Crippen molar-refractivity contribution in [3.8, 4) is 11.5 Å². The molecule has 0 saturated carbocycles. The fraction of sp³-hybridized carbons (Fsp3) is 0.188. The van der Waals surface area contributed by atoms with Gasteiger partial charge in [-0.15, -0.1) is 0 Å². The summed E-state index contributed by atoms with van der Waals surface area (Å²) >= 11 is 12.0. The number of carboxylic acid groups (broad SMARTS) is 1. The molecule has 0 aliphatic heterocycles. The molecule has 140 valence electrons. The number of hydrogen-bond donors (Lipinski definition) is 1. The van der Waals surface area contributed by atoms with Gasteiger partial charge in [0.1, 0.15) is 18.0 Å². The summed E-state index contributed by atoms with van der Waals surface area (Å²) in [6, 6.07) is 8.01. The normalized spacial score (nSPS) is 11.1. The van der Waals surface area contributed by atoms with E-state index in [9.17, 15) is 13.2 Å². The minimum atomic E-state index is -4.22. The van der Waals surface area contributed by atoms with E-state index < -0.39 is 22.5 Å². The van der Waals surface area contributed by atoms with Crippen LogP contribution in [0.5, 0.6) is 11.5 Å². The first-order valence-corrected chi connectivity index (χ1v) is 9.32. The van der Waals surface area contributed by atoms with Crippen LogP contribution in [-0.4, -0.2) is 40.3 Å². The third kappa shape index (κ3) is 4.14. The summed E-state index contributed by atoms with van der Waals surface area (Å²) in [7, 11) is -1.42. The molecule has 0 aliphatic rings. The minimum absolute atomic E-state index is 0.0742. The maximum atomic E-state index is 13.0. The number of benzene rings is 2. The Kier molecular flexibility index (Phi) is 6.22. The molecular formula is C16H15Cl2NO6S. The van der Waals surface area contributed by atoms with Gasteiger partial charge < -0.3 is 14.6 Å². The van der Waals surface area contributed by atoms with Crippen LogP contribution in [0.25, 0.3) is 0 Å². The summed E-state index contributed by atoms with van der Waals surface area (Å²) in [5, 5.41) is 9.37. The lowest BCUT2D eigenvalue weighted by molar-refractivity contribution is -0.135. The molecule has 2 aromatic carbocycles. The highest BCUT2D eigenvalue weighted by atomic mass is 35.5. The van der Waals surface area contributed by atoms with E-state index in [1.54, 1.807) is 0 Å². The van der Waals surface area contributed by atoms with Crippen LogP contribution in [0, 0.1) is 0 Å². The molecule has 0 amide bonds. The van der Waals surface area contributed by atoms with Gasteiger partial charge in [0.2, 0.25) is 0 Å². The van der Waals surface area contributed by atoms with Crippen LogP contribution in [0.1, 0.15) is 0 Å². The highest BCUT2D eigenvalue weighted by Gasteiger charge is 2.28. The van der Waals surface area contributed by atoms with Crippen molar-refractivity contribution < 1.29 is 27.8 Å². The number of nitrogens with zero attached hydrogens (tertiary/aromatic N) is 1. The predicted molar refractivity (Wildman–Crippen MR) is 98.2 cm³/mol. The quantitative estimate of drug-likeness (QED) is 0.739. The molecule has 0 atom stereocenters. The van der Waals surface area contributed by atoms with Crippen LogP contribution < -0.4 is 13.8 Å². The van der Waals surface area contributed by atoms with Crippen LogP contribution in [0.2, 0.25) is 10.0 Å². The fourth-order valence-electron chi connectivity index (χ4n) is 2.18. The zero-order valence-corrected chi connectivity index (χ0v) is 16.1. The molecule has 0 saturated heterocycles. The van der Waals surface area contributed by atoms with Crippen LogP contribution in [-0.2, 0) is 14.8 Å². The van der Waals surface area contributed by atoms with Gasteiger partial charge in [-0.3, -0.25) is 9.10 Å². The van der Waals surface area contributed by atoms with Gasteiger partial charge in [0.15, 0.2) is 0 Å². The first-order valence-electron chi connectivity index (χ1n) is 7.12. The molecule has 0 aromatic heterocycles. The maximum absolute atomic E-state index is 13.0. The van der Waals surface area contributed by atoms with Crippen molar-refractivity contribution in [2.75, 3.05) is 25.1 Å². The molecule has 1 N–H and O–H groups in total. The average molecular weight is 420 g/mol. The molecule has 7 nitrogen and oxygen atoms in total. The number of halogens is 2. The molecule has 0 fully saturated rings. The molecule has 2 rings (SSSR count). The van der Waals surface area contributed by atoms with Gasteiger partial charge in [0, 0.05) is 0 Å². The van der Waals surface area contributed by atoms with Crippen molar-refractivity contribution in [3.05, 3.63) is 46.4 Å². The standard InChI is InChI=1S/C16H15Cl2NO6S/c1-24-14-5-3-10(7-12(14)17)19(9-16(20)21)26(22,23)11-4-6-15(25-2)13(18)8-11/h3-8H,9H2,1-2H3,(H,20,21). The highest BCUT2D eigenvalue weighted by molar-refractivity contribution is 7.92. The van der Waals surface area contributed by atoms with Gasteiger partial charge in [-0.1, -0.05) is 23.2 Å². The number of aliphatic carboxylic acids is 1. The van der Waals surface area contributed by atoms with E-state index in [4.69, 9.17) is 37.8 Å². The van der Waals surface area contributed by atoms with Crippen molar-refractivity contribution in [1.82, 2.24) is 0 Å². The molecule has 2 aromatic rings. The van der Waals surface area contributed by atoms with E-state index in [-0.39, 0.29) is 20.6 Å². The summed E-state index contributed by atoms with van der Waals surface area (Å²) in [6.07, 6.45) is 0. The van der Waals surface area contributed by atoms with Crippen molar-refractivity contribution >= 4 is 44.9 Å². The molecular weight excluding hydrogens is 405 g/mol. The minimum Gasteiger partial charge on any atom is -0.495 e. The maximum Gasteiger partial charge on any atom is 0.324 e. The second kappa shape index (κ2) is 8.03. The summed E-state index contributed by atoms with van der Waals surface area (Å²) in [5.74, 6) is -0.710. The second-order valence-corrected chi connectivity index (χ2v) is 7.70. The lowest BCUT2D eigenvalue weighted by atomic mass is 10.3. The molecule has 26 heavy (non-hydrogen) atoms. The number of carboxylic acids is 1. The number of carbonyl (C=O) groups is 1. The molecule has 0 heterocycles. The summed E-state index contributed by atoms with van der Waals surface area (Å²) in [4.78, 5) is 11.0. The van der Waals surface area contributed by atoms with E-state index in [2.05, 4.69) is 0 Å².